The molecule has 0 bridgehead atoms. The number of hydrogen-bond donors (Lipinski definition) is 2. The third-order valence-corrected chi connectivity index (χ3v) is 2.90. The van der Waals surface area contributed by atoms with Gasteiger partial charge in [-0.2, -0.15) is 0 Å². The number of phenolic OH excluding ortho intramolecular Hbond substituents is 1. The van der Waals surface area contributed by atoms with Gasteiger partial charge in [0.15, 0.2) is 0 Å². The summed E-state index contributed by atoms with van der Waals surface area (Å²) in [5.41, 5.74) is 1.02. The maximum absolute atomic E-state index is 12.0. The minimum absolute atomic E-state index is 0.161. The summed E-state index contributed by atoms with van der Waals surface area (Å²) in [5, 5.41) is 11.7. The van der Waals surface area contributed by atoms with E-state index in [9.17, 15) is 14.7 Å². The summed E-state index contributed by atoms with van der Waals surface area (Å²) in [6.07, 6.45) is 3.32. The van der Waals surface area contributed by atoms with Gasteiger partial charge in [0.05, 0.1) is 0 Å². The monoisotopic (exact) mass is 260 g/mol. The smallest absolute Gasteiger partial charge is 0.329 e. The molecule has 0 radical (unpaired) electrons. The number of amides is 3. The Kier molecular flexibility index (Phi) is 3.85. The number of hydrogen-bond acceptors (Lipinski definition) is 3. The van der Waals surface area contributed by atoms with Gasteiger partial charge in [-0.1, -0.05) is 25.5 Å². The first-order valence-corrected chi connectivity index (χ1v) is 6.25. The molecule has 0 atom stereocenters. The molecule has 5 nitrogen and oxygen atoms in total. The second-order valence-electron chi connectivity index (χ2n) is 4.39. The van der Waals surface area contributed by atoms with Crippen LogP contribution in [0.5, 0.6) is 5.75 Å². The maximum atomic E-state index is 12.0. The number of nitrogens with one attached hydrogen (secondary N) is 1. The van der Waals surface area contributed by atoms with Gasteiger partial charge < -0.3 is 10.4 Å². The van der Waals surface area contributed by atoms with Crippen LogP contribution in [0.15, 0.2) is 30.0 Å². The van der Waals surface area contributed by atoms with Gasteiger partial charge in [0.2, 0.25) is 0 Å². The lowest BCUT2D eigenvalue weighted by molar-refractivity contribution is -0.122. The standard InChI is InChI=1S/C14H16N2O3/c1-2-3-8-16-13(18)12(15-14(16)19)9-10-4-6-11(17)7-5-10/h4-7,9,17H,2-3,8H2,1H3,(H,15,19). The van der Waals surface area contributed by atoms with Crippen molar-refractivity contribution < 1.29 is 14.7 Å². The number of nitrogens with zero attached hydrogens (tertiary/aromatic N) is 1. The first-order chi connectivity index (χ1) is 9.11. The van der Waals surface area contributed by atoms with Crippen molar-refractivity contribution in [3.63, 3.8) is 0 Å². The summed E-state index contributed by atoms with van der Waals surface area (Å²) in [6, 6.07) is 6.04. The summed E-state index contributed by atoms with van der Waals surface area (Å²) in [4.78, 5) is 24.9. The van der Waals surface area contributed by atoms with Crippen LogP contribution in [0, 0.1) is 0 Å². The number of rotatable bonds is 4. The van der Waals surface area contributed by atoms with Crippen molar-refractivity contribution in [3.8, 4) is 5.75 Å². The Hall–Kier alpha value is -2.30. The van der Waals surface area contributed by atoms with Crippen LogP contribution in [0.4, 0.5) is 4.79 Å². The Balaban J connectivity index is 2.16. The number of carbonyl (C=O) groups is 2. The number of carbonyl (C=O) groups excluding carboxylic acids is 2. The summed E-state index contributed by atoms with van der Waals surface area (Å²) in [7, 11) is 0. The minimum Gasteiger partial charge on any atom is -0.508 e. The number of benzene rings is 1. The molecule has 2 N–H and O–H groups in total. The van der Waals surface area contributed by atoms with Crippen LogP contribution < -0.4 is 5.32 Å². The molecule has 0 unspecified atom stereocenters. The third-order valence-electron chi connectivity index (χ3n) is 2.90. The van der Waals surface area contributed by atoms with E-state index in [1.807, 2.05) is 6.92 Å². The minimum atomic E-state index is -0.372. The van der Waals surface area contributed by atoms with Crippen molar-refractivity contribution >= 4 is 18.0 Å². The van der Waals surface area contributed by atoms with Crippen LogP contribution >= 0.6 is 0 Å². The van der Waals surface area contributed by atoms with E-state index in [1.165, 1.54) is 17.0 Å². The van der Waals surface area contributed by atoms with E-state index in [0.717, 1.165) is 18.4 Å². The number of imide groups is 1. The van der Waals surface area contributed by atoms with Gasteiger partial charge in [-0.15, -0.1) is 0 Å². The predicted molar refractivity (Wildman–Crippen MR) is 71.2 cm³/mol. The zero-order chi connectivity index (χ0) is 13.8. The van der Waals surface area contributed by atoms with Gasteiger partial charge in [0, 0.05) is 6.54 Å². The summed E-state index contributed by atoms with van der Waals surface area (Å²) in [5.74, 6) is -0.139. The topological polar surface area (TPSA) is 69.6 Å². The fraction of sp³-hybridized carbons (Fsp3) is 0.286. The highest BCUT2D eigenvalue weighted by atomic mass is 16.3. The largest absolute Gasteiger partial charge is 0.508 e. The van der Waals surface area contributed by atoms with E-state index < -0.39 is 0 Å². The molecule has 100 valence electrons. The summed E-state index contributed by atoms with van der Waals surface area (Å²) >= 11 is 0. The summed E-state index contributed by atoms with van der Waals surface area (Å²) < 4.78 is 0. The van der Waals surface area contributed by atoms with Crippen LogP contribution in [0.3, 0.4) is 0 Å². The Labute approximate surface area is 111 Å². The van der Waals surface area contributed by atoms with Crippen LogP contribution in [-0.2, 0) is 4.79 Å². The van der Waals surface area contributed by atoms with Crippen molar-refractivity contribution in [3.05, 3.63) is 35.5 Å². The van der Waals surface area contributed by atoms with Crippen LogP contribution in [0.2, 0.25) is 0 Å². The molecule has 1 saturated heterocycles. The number of phenols is 1. The predicted octanol–water partition coefficient (Wildman–Crippen LogP) is 2.08. The van der Waals surface area contributed by atoms with Crippen molar-refractivity contribution in [2.24, 2.45) is 0 Å². The molecule has 1 aliphatic heterocycles. The maximum Gasteiger partial charge on any atom is 0.329 e. The van der Waals surface area contributed by atoms with E-state index in [4.69, 9.17) is 0 Å². The number of urea groups is 1. The molecule has 0 aliphatic carbocycles. The van der Waals surface area contributed by atoms with E-state index >= 15 is 0 Å². The number of unbranched alkanes of at least 4 members (excludes halogenated alkanes) is 1. The molecular weight excluding hydrogens is 244 g/mol. The highest BCUT2D eigenvalue weighted by molar-refractivity contribution is 6.13. The normalized spacial score (nSPS) is 17.1. The number of aromatic hydroxyl groups is 1. The van der Waals surface area contributed by atoms with Crippen LogP contribution in [0.1, 0.15) is 25.3 Å². The van der Waals surface area contributed by atoms with Crippen molar-refractivity contribution in [1.29, 1.82) is 0 Å². The van der Waals surface area contributed by atoms with Crippen molar-refractivity contribution in [2.75, 3.05) is 6.54 Å². The Morgan fingerprint density at radius 2 is 1.95 bits per heavy atom. The van der Waals surface area contributed by atoms with Gasteiger partial charge in [-0.25, -0.2) is 4.79 Å². The molecule has 2 rings (SSSR count). The first-order valence-electron chi connectivity index (χ1n) is 6.25. The molecule has 1 aromatic carbocycles. The van der Waals surface area contributed by atoms with E-state index in [-0.39, 0.29) is 23.4 Å². The second-order valence-corrected chi connectivity index (χ2v) is 4.39. The molecular formula is C14H16N2O3. The molecule has 19 heavy (non-hydrogen) atoms. The van der Waals surface area contributed by atoms with E-state index in [1.54, 1.807) is 18.2 Å². The van der Waals surface area contributed by atoms with Crippen LogP contribution in [0.25, 0.3) is 6.08 Å². The average molecular weight is 260 g/mol. The van der Waals surface area contributed by atoms with Gasteiger partial charge in [-0.05, 0) is 30.2 Å². The van der Waals surface area contributed by atoms with Crippen LogP contribution in [-0.4, -0.2) is 28.5 Å². The van der Waals surface area contributed by atoms with Crippen molar-refractivity contribution in [2.45, 2.75) is 19.8 Å². The van der Waals surface area contributed by atoms with E-state index in [0.29, 0.717) is 6.54 Å². The highest BCUT2D eigenvalue weighted by Crippen LogP contribution is 2.16. The lowest BCUT2D eigenvalue weighted by Crippen LogP contribution is -2.31. The molecule has 0 spiro atoms. The zero-order valence-electron chi connectivity index (χ0n) is 10.7. The van der Waals surface area contributed by atoms with Gasteiger partial charge in [0.1, 0.15) is 11.4 Å². The average Bonchev–Trinajstić information content (AvgIpc) is 2.65. The summed E-state index contributed by atoms with van der Waals surface area (Å²) in [6.45, 7) is 2.44. The third kappa shape index (κ3) is 2.93. The molecule has 3 amide bonds. The SMILES string of the molecule is CCCCN1C(=O)NC(=Cc2ccc(O)cc2)C1=O. The lowest BCUT2D eigenvalue weighted by Gasteiger charge is -2.09. The molecule has 1 aromatic rings. The first kappa shape index (κ1) is 13.1. The lowest BCUT2D eigenvalue weighted by atomic mass is 10.2. The quantitative estimate of drug-likeness (QED) is 0.643. The van der Waals surface area contributed by atoms with Gasteiger partial charge >= 0.3 is 6.03 Å². The van der Waals surface area contributed by atoms with Gasteiger partial charge in [0.25, 0.3) is 5.91 Å². The van der Waals surface area contributed by atoms with Crippen molar-refractivity contribution in [1.82, 2.24) is 10.2 Å². The van der Waals surface area contributed by atoms with E-state index in [2.05, 4.69) is 5.32 Å². The molecule has 5 heteroatoms. The Morgan fingerprint density at radius 1 is 1.26 bits per heavy atom. The van der Waals surface area contributed by atoms with Gasteiger partial charge in [-0.3, -0.25) is 9.69 Å². The second kappa shape index (κ2) is 5.56. The Bertz CT molecular complexity index is 520. The highest BCUT2D eigenvalue weighted by Gasteiger charge is 2.32. The fourth-order valence-electron chi connectivity index (χ4n) is 1.83. The molecule has 0 saturated carbocycles. The molecule has 1 aliphatic rings. The zero-order valence-corrected chi connectivity index (χ0v) is 10.7. The molecule has 0 aromatic heterocycles. The molecule has 1 heterocycles. The molecule has 1 fully saturated rings. The fourth-order valence-corrected chi connectivity index (χ4v) is 1.83. The Morgan fingerprint density at radius 3 is 2.58 bits per heavy atom.